The van der Waals surface area contributed by atoms with E-state index in [0.717, 1.165) is 11.5 Å². The van der Waals surface area contributed by atoms with Gasteiger partial charge in [-0.2, -0.15) is 13.2 Å². The molecule has 1 aliphatic heterocycles. The Labute approximate surface area is 202 Å². The van der Waals surface area contributed by atoms with E-state index in [9.17, 15) is 35.9 Å². The molecule has 0 aliphatic carbocycles. The van der Waals surface area contributed by atoms with Gasteiger partial charge in [-0.1, -0.05) is 0 Å². The quantitative estimate of drug-likeness (QED) is 0.477. The number of aromatic nitrogens is 3. The summed E-state index contributed by atoms with van der Waals surface area (Å²) in [5, 5.41) is 9.11. The highest BCUT2D eigenvalue weighted by Gasteiger charge is 2.40. The van der Waals surface area contributed by atoms with Crippen LogP contribution in [0.5, 0.6) is 0 Å². The van der Waals surface area contributed by atoms with Crippen LogP contribution in [-0.4, -0.2) is 49.9 Å². The highest BCUT2D eigenvalue weighted by Crippen LogP contribution is 2.29. The molecule has 1 atom stereocenters. The number of alkyl carbamates (subject to hydrolysis) is 1. The van der Waals surface area contributed by atoms with Crippen molar-refractivity contribution < 1.29 is 40.7 Å². The van der Waals surface area contributed by atoms with E-state index in [1.807, 2.05) is 0 Å². The Hall–Kier alpha value is -3.32. The lowest BCUT2D eigenvalue weighted by Crippen LogP contribution is -2.45. The van der Waals surface area contributed by atoms with Crippen molar-refractivity contribution in [3.05, 3.63) is 46.3 Å². The van der Waals surface area contributed by atoms with Gasteiger partial charge in [0.15, 0.2) is 17.5 Å². The van der Waals surface area contributed by atoms with Gasteiger partial charge in [0.05, 0.1) is 6.54 Å². The van der Waals surface area contributed by atoms with Gasteiger partial charge >= 0.3 is 12.3 Å². The number of hydrogen-bond acceptors (Lipinski definition) is 5. The summed E-state index contributed by atoms with van der Waals surface area (Å²) in [5.41, 5.74) is -1.72. The lowest BCUT2D eigenvalue weighted by atomic mass is 9.99. The Morgan fingerprint density at radius 1 is 1.11 bits per heavy atom. The van der Waals surface area contributed by atoms with Crippen LogP contribution in [0.1, 0.15) is 50.0 Å². The molecule has 0 spiro atoms. The third-order valence-electron chi connectivity index (χ3n) is 5.42. The zero-order chi connectivity index (χ0) is 27.0. The second-order valence-corrected chi connectivity index (χ2v) is 9.43. The normalized spacial score (nSPS) is 14.9. The maximum Gasteiger partial charge on any atom is 0.451 e. The standard InChI is InChI=1S/C22H25F6N5O3/c1-11-17(24)12(8-14(23)18(11)25)7-13(29-20(35)36-21(2,3)4)9-16(34)32-5-6-33-15(10-32)30-31-19(33)22(26,27)28/h8,13H,5-7,9-10H2,1-4H3,(H,29,35). The van der Waals surface area contributed by atoms with E-state index in [-0.39, 0.29) is 37.4 Å². The first kappa shape index (κ1) is 27.3. The summed E-state index contributed by atoms with van der Waals surface area (Å²) in [4.78, 5) is 26.5. The molecule has 0 radical (unpaired) electrons. The molecule has 1 N–H and O–H groups in total. The number of alkyl halides is 3. The van der Waals surface area contributed by atoms with Crippen LogP contribution < -0.4 is 5.32 Å². The van der Waals surface area contributed by atoms with Crippen LogP contribution in [0.15, 0.2) is 6.07 Å². The molecule has 1 aliphatic rings. The fourth-order valence-electron chi connectivity index (χ4n) is 3.78. The summed E-state index contributed by atoms with van der Waals surface area (Å²) in [6, 6.07) is -0.454. The van der Waals surface area contributed by atoms with Crippen LogP contribution in [-0.2, 0) is 35.2 Å². The number of nitrogens with one attached hydrogen (secondary N) is 1. The number of carbonyl (C=O) groups excluding carboxylic acids is 2. The van der Waals surface area contributed by atoms with Crippen LogP contribution >= 0.6 is 0 Å². The van der Waals surface area contributed by atoms with Gasteiger partial charge in [0.2, 0.25) is 11.7 Å². The number of amides is 2. The van der Waals surface area contributed by atoms with Gasteiger partial charge < -0.3 is 19.5 Å². The van der Waals surface area contributed by atoms with Crippen molar-refractivity contribution in [3.8, 4) is 0 Å². The van der Waals surface area contributed by atoms with Crippen molar-refractivity contribution in [1.82, 2.24) is 25.0 Å². The van der Waals surface area contributed by atoms with Gasteiger partial charge in [0.25, 0.3) is 0 Å². The predicted octanol–water partition coefficient (Wildman–Crippen LogP) is 3.89. The van der Waals surface area contributed by atoms with Crippen LogP contribution in [0.2, 0.25) is 0 Å². The average Bonchev–Trinajstić information content (AvgIpc) is 3.18. The summed E-state index contributed by atoms with van der Waals surface area (Å²) in [6.45, 7) is 5.30. The maximum absolute atomic E-state index is 14.6. The number of fused-ring (bicyclic) bond motifs is 1. The number of halogens is 6. The Morgan fingerprint density at radius 2 is 1.78 bits per heavy atom. The van der Waals surface area contributed by atoms with Crippen LogP contribution in [0, 0.1) is 24.4 Å². The van der Waals surface area contributed by atoms with Gasteiger partial charge in [-0.05, 0) is 45.7 Å². The third kappa shape index (κ3) is 6.26. The summed E-state index contributed by atoms with van der Waals surface area (Å²) in [7, 11) is 0. The molecule has 0 saturated carbocycles. The molecule has 14 heteroatoms. The molecular weight excluding hydrogens is 496 g/mol. The van der Waals surface area contributed by atoms with Gasteiger partial charge in [-0.3, -0.25) is 4.79 Å². The molecule has 1 unspecified atom stereocenters. The summed E-state index contributed by atoms with van der Waals surface area (Å²) in [6.07, 6.45) is -6.42. The minimum Gasteiger partial charge on any atom is -0.444 e. The van der Waals surface area contributed by atoms with E-state index in [2.05, 4.69) is 15.5 Å². The van der Waals surface area contributed by atoms with Crippen molar-refractivity contribution in [1.29, 1.82) is 0 Å². The Morgan fingerprint density at radius 3 is 2.39 bits per heavy atom. The fraction of sp³-hybridized carbons (Fsp3) is 0.545. The van der Waals surface area contributed by atoms with E-state index in [4.69, 9.17) is 4.74 Å². The van der Waals surface area contributed by atoms with E-state index in [1.54, 1.807) is 20.8 Å². The van der Waals surface area contributed by atoms with Crippen molar-refractivity contribution in [3.63, 3.8) is 0 Å². The zero-order valence-corrected chi connectivity index (χ0v) is 20.0. The molecule has 36 heavy (non-hydrogen) atoms. The molecular formula is C22H25F6N5O3. The number of rotatable bonds is 5. The number of benzene rings is 1. The molecule has 198 valence electrons. The predicted molar refractivity (Wildman–Crippen MR) is 113 cm³/mol. The summed E-state index contributed by atoms with van der Waals surface area (Å²) < 4.78 is 87.5. The van der Waals surface area contributed by atoms with Gasteiger partial charge in [-0.15, -0.1) is 10.2 Å². The molecule has 1 aromatic carbocycles. The molecule has 0 bridgehead atoms. The van der Waals surface area contributed by atoms with Crippen molar-refractivity contribution in [2.45, 2.75) is 71.4 Å². The zero-order valence-electron chi connectivity index (χ0n) is 20.0. The fourth-order valence-corrected chi connectivity index (χ4v) is 3.78. The molecule has 1 aromatic heterocycles. The monoisotopic (exact) mass is 521 g/mol. The first-order valence-electron chi connectivity index (χ1n) is 11.0. The first-order valence-corrected chi connectivity index (χ1v) is 11.0. The molecule has 0 fully saturated rings. The smallest absolute Gasteiger partial charge is 0.444 e. The molecule has 3 rings (SSSR count). The molecule has 2 heterocycles. The SMILES string of the molecule is Cc1c(F)c(F)cc(CC(CC(=O)N2CCn3c(nnc3C(F)(F)F)C2)NC(=O)OC(C)(C)C)c1F. The minimum absolute atomic E-state index is 0.0687. The highest BCUT2D eigenvalue weighted by atomic mass is 19.4. The number of carbonyl (C=O) groups is 2. The first-order chi connectivity index (χ1) is 16.6. The molecule has 8 nitrogen and oxygen atoms in total. The van der Waals surface area contributed by atoms with E-state index in [1.165, 1.54) is 4.90 Å². The molecule has 0 saturated heterocycles. The van der Waals surface area contributed by atoms with Crippen LogP contribution in [0.3, 0.4) is 0 Å². The van der Waals surface area contributed by atoms with Crippen molar-refractivity contribution in [2.75, 3.05) is 6.54 Å². The summed E-state index contributed by atoms with van der Waals surface area (Å²) >= 11 is 0. The summed E-state index contributed by atoms with van der Waals surface area (Å²) in [5.74, 6) is -5.48. The maximum atomic E-state index is 14.6. The van der Waals surface area contributed by atoms with Gasteiger partial charge in [0, 0.05) is 31.1 Å². The topological polar surface area (TPSA) is 89.4 Å². The third-order valence-corrected chi connectivity index (χ3v) is 5.42. The lowest BCUT2D eigenvalue weighted by Gasteiger charge is -2.30. The number of ether oxygens (including phenoxy) is 1. The highest BCUT2D eigenvalue weighted by molar-refractivity contribution is 5.78. The van der Waals surface area contributed by atoms with Crippen LogP contribution in [0.25, 0.3) is 0 Å². The van der Waals surface area contributed by atoms with E-state index >= 15 is 0 Å². The lowest BCUT2D eigenvalue weighted by molar-refractivity contribution is -0.148. The Balaban J connectivity index is 1.79. The van der Waals surface area contributed by atoms with Crippen molar-refractivity contribution >= 4 is 12.0 Å². The second kappa shape index (κ2) is 9.97. The second-order valence-electron chi connectivity index (χ2n) is 9.43. The average molecular weight is 521 g/mol. The van der Waals surface area contributed by atoms with E-state index < -0.39 is 65.1 Å². The molecule has 2 amide bonds. The Kier molecular flexibility index (Phi) is 7.55. The van der Waals surface area contributed by atoms with Crippen LogP contribution in [0.4, 0.5) is 31.1 Å². The van der Waals surface area contributed by atoms with E-state index in [0.29, 0.717) is 6.07 Å². The number of hydrogen-bond donors (Lipinski definition) is 1. The largest absolute Gasteiger partial charge is 0.451 e. The van der Waals surface area contributed by atoms with Gasteiger partial charge in [0.1, 0.15) is 11.4 Å². The van der Waals surface area contributed by atoms with Gasteiger partial charge in [-0.25, -0.2) is 18.0 Å². The number of nitrogens with zero attached hydrogens (tertiary/aromatic N) is 4. The van der Waals surface area contributed by atoms with Crippen molar-refractivity contribution in [2.24, 2.45) is 0 Å². The minimum atomic E-state index is -4.70. The Bertz CT molecular complexity index is 1160. The molecule has 2 aromatic rings.